The molecule has 0 bridgehead atoms. The van der Waals surface area contributed by atoms with E-state index in [0.29, 0.717) is 29.7 Å². The lowest BCUT2D eigenvalue weighted by Gasteiger charge is -2.39. The maximum Gasteiger partial charge on any atom is 0.410 e. The van der Waals surface area contributed by atoms with Gasteiger partial charge in [0.25, 0.3) is 0 Å². The summed E-state index contributed by atoms with van der Waals surface area (Å²) in [6, 6.07) is 10.9. The molecule has 1 aromatic carbocycles. The van der Waals surface area contributed by atoms with Gasteiger partial charge in [-0.2, -0.15) is 0 Å². The summed E-state index contributed by atoms with van der Waals surface area (Å²) < 4.78 is 11.0. The van der Waals surface area contributed by atoms with Crippen molar-refractivity contribution in [2.45, 2.75) is 32.3 Å². The number of nitrogens with zero attached hydrogens (tertiary/aromatic N) is 2. The molecule has 6 heteroatoms. The Hall–Kier alpha value is -2.27. The van der Waals surface area contributed by atoms with Gasteiger partial charge in [-0.1, -0.05) is 17.7 Å². The highest BCUT2D eigenvalue weighted by Crippen LogP contribution is 2.29. The topological polar surface area (TPSA) is 51.7 Å². The molecule has 0 radical (unpaired) electrons. The zero-order valence-corrected chi connectivity index (χ0v) is 15.3. The SMILES string of the molecule is CC(C)(C)OC(=O)N1CC(c2ccc(Oc3ccc(Cl)cc3)nc2)C1. The third-order valence-electron chi connectivity index (χ3n) is 3.80. The molecule has 0 atom stereocenters. The van der Waals surface area contributed by atoms with Gasteiger partial charge in [0, 0.05) is 36.3 Å². The summed E-state index contributed by atoms with van der Waals surface area (Å²) in [6.45, 7) is 6.89. The predicted molar refractivity (Wildman–Crippen MR) is 96.3 cm³/mol. The number of amides is 1. The number of hydrogen-bond acceptors (Lipinski definition) is 4. The molecule has 1 fully saturated rings. The molecule has 25 heavy (non-hydrogen) atoms. The van der Waals surface area contributed by atoms with Crippen LogP contribution in [0.15, 0.2) is 42.6 Å². The Morgan fingerprint density at radius 2 is 1.84 bits per heavy atom. The second-order valence-corrected chi connectivity index (χ2v) is 7.50. The van der Waals surface area contributed by atoms with Crippen LogP contribution in [0.25, 0.3) is 0 Å². The fraction of sp³-hybridized carbons (Fsp3) is 0.368. The lowest BCUT2D eigenvalue weighted by atomic mass is 9.93. The molecule has 0 saturated carbocycles. The van der Waals surface area contributed by atoms with Crippen LogP contribution in [0.1, 0.15) is 32.3 Å². The first-order chi connectivity index (χ1) is 11.8. The summed E-state index contributed by atoms with van der Waals surface area (Å²) in [5.41, 5.74) is 0.618. The molecular weight excluding hydrogens is 340 g/mol. The monoisotopic (exact) mass is 360 g/mol. The highest BCUT2D eigenvalue weighted by molar-refractivity contribution is 6.30. The van der Waals surface area contributed by atoms with Crippen molar-refractivity contribution in [2.24, 2.45) is 0 Å². The Bertz CT molecular complexity index is 733. The van der Waals surface area contributed by atoms with Crippen LogP contribution in [0.5, 0.6) is 11.6 Å². The minimum atomic E-state index is -0.468. The second-order valence-electron chi connectivity index (χ2n) is 7.07. The van der Waals surface area contributed by atoms with Crippen LogP contribution >= 0.6 is 11.6 Å². The number of rotatable bonds is 3. The van der Waals surface area contributed by atoms with E-state index in [1.807, 2.05) is 32.9 Å². The number of pyridine rings is 1. The first kappa shape index (κ1) is 17.5. The van der Waals surface area contributed by atoms with Gasteiger partial charge in [0.15, 0.2) is 0 Å². The molecule has 132 valence electrons. The number of ether oxygens (including phenoxy) is 2. The largest absolute Gasteiger partial charge is 0.444 e. The first-order valence-electron chi connectivity index (χ1n) is 8.17. The molecule has 1 aromatic heterocycles. The summed E-state index contributed by atoms with van der Waals surface area (Å²) in [4.78, 5) is 18.0. The molecule has 1 saturated heterocycles. The molecule has 1 aliphatic heterocycles. The van der Waals surface area contributed by atoms with Gasteiger partial charge in [0.05, 0.1) is 0 Å². The van der Waals surface area contributed by atoms with Gasteiger partial charge in [-0.05, 0) is 50.6 Å². The Labute approximate surface area is 152 Å². The van der Waals surface area contributed by atoms with Gasteiger partial charge in [0.1, 0.15) is 11.4 Å². The molecule has 1 amide bonds. The molecule has 5 nitrogen and oxygen atoms in total. The van der Waals surface area contributed by atoms with E-state index in [4.69, 9.17) is 21.1 Å². The molecule has 1 aliphatic rings. The predicted octanol–water partition coefficient (Wildman–Crippen LogP) is 4.86. The zero-order chi connectivity index (χ0) is 18.0. The Morgan fingerprint density at radius 3 is 2.40 bits per heavy atom. The molecule has 2 aromatic rings. The molecule has 0 unspecified atom stereocenters. The average molecular weight is 361 g/mol. The van der Waals surface area contributed by atoms with E-state index in [0.717, 1.165) is 5.56 Å². The van der Waals surface area contributed by atoms with E-state index >= 15 is 0 Å². The van der Waals surface area contributed by atoms with Crippen LogP contribution < -0.4 is 4.74 Å². The molecular formula is C19H21ClN2O3. The van der Waals surface area contributed by atoms with Crippen LogP contribution in [-0.2, 0) is 4.74 Å². The quantitative estimate of drug-likeness (QED) is 0.784. The van der Waals surface area contributed by atoms with Gasteiger partial charge < -0.3 is 14.4 Å². The summed E-state index contributed by atoms with van der Waals surface area (Å²) in [5.74, 6) is 1.49. The Balaban J connectivity index is 1.54. The maximum absolute atomic E-state index is 12.0. The zero-order valence-electron chi connectivity index (χ0n) is 14.5. The van der Waals surface area contributed by atoms with Gasteiger partial charge in [0.2, 0.25) is 5.88 Å². The van der Waals surface area contributed by atoms with Gasteiger partial charge in [-0.15, -0.1) is 0 Å². The van der Waals surface area contributed by atoms with Crippen molar-refractivity contribution >= 4 is 17.7 Å². The second kappa shape index (κ2) is 6.92. The number of benzene rings is 1. The number of halogens is 1. The van der Waals surface area contributed by atoms with E-state index in [2.05, 4.69) is 4.98 Å². The minimum Gasteiger partial charge on any atom is -0.444 e. The number of carbonyl (C=O) groups is 1. The fourth-order valence-corrected chi connectivity index (χ4v) is 2.61. The number of carbonyl (C=O) groups excluding carboxylic acids is 1. The Morgan fingerprint density at radius 1 is 1.16 bits per heavy atom. The van der Waals surface area contributed by atoms with Crippen molar-refractivity contribution in [3.63, 3.8) is 0 Å². The molecule has 2 heterocycles. The Kier molecular flexibility index (Phi) is 4.86. The summed E-state index contributed by atoms with van der Waals surface area (Å²) in [6.07, 6.45) is 1.53. The highest BCUT2D eigenvalue weighted by atomic mass is 35.5. The van der Waals surface area contributed by atoms with Crippen LogP contribution in [-0.4, -0.2) is 34.7 Å². The highest BCUT2D eigenvalue weighted by Gasteiger charge is 2.34. The third kappa shape index (κ3) is 4.63. The van der Waals surface area contributed by atoms with E-state index in [1.165, 1.54) is 0 Å². The van der Waals surface area contributed by atoms with E-state index in [1.54, 1.807) is 35.4 Å². The van der Waals surface area contributed by atoms with Crippen molar-refractivity contribution in [3.05, 3.63) is 53.2 Å². The van der Waals surface area contributed by atoms with Crippen molar-refractivity contribution in [1.82, 2.24) is 9.88 Å². The average Bonchev–Trinajstić information content (AvgIpc) is 2.48. The first-order valence-corrected chi connectivity index (χ1v) is 8.55. The van der Waals surface area contributed by atoms with E-state index in [-0.39, 0.29) is 12.0 Å². The molecule has 0 spiro atoms. The minimum absolute atomic E-state index is 0.264. The van der Waals surface area contributed by atoms with Crippen LogP contribution in [0.3, 0.4) is 0 Å². The lowest BCUT2D eigenvalue weighted by Crippen LogP contribution is -2.50. The van der Waals surface area contributed by atoms with Crippen molar-refractivity contribution in [2.75, 3.05) is 13.1 Å². The standard InChI is InChI=1S/C19H21ClN2O3/c1-19(2,3)25-18(23)22-11-14(12-22)13-4-9-17(21-10-13)24-16-7-5-15(20)6-8-16/h4-10,14H,11-12H2,1-3H3. The number of hydrogen-bond donors (Lipinski definition) is 0. The van der Waals surface area contributed by atoms with Crippen molar-refractivity contribution in [1.29, 1.82) is 0 Å². The smallest absolute Gasteiger partial charge is 0.410 e. The lowest BCUT2D eigenvalue weighted by molar-refractivity contribution is 0.00816. The van der Waals surface area contributed by atoms with Crippen LogP contribution in [0.2, 0.25) is 5.02 Å². The molecule has 0 N–H and O–H groups in total. The van der Waals surface area contributed by atoms with Gasteiger partial charge >= 0.3 is 6.09 Å². The van der Waals surface area contributed by atoms with Crippen molar-refractivity contribution in [3.8, 4) is 11.6 Å². The molecule has 0 aliphatic carbocycles. The summed E-state index contributed by atoms with van der Waals surface area (Å²) in [7, 11) is 0. The van der Waals surface area contributed by atoms with Gasteiger partial charge in [-0.25, -0.2) is 9.78 Å². The van der Waals surface area contributed by atoms with Crippen LogP contribution in [0.4, 0.5) is 4.79 Å². The van der Waals surface area contributed by atoms with Crippen molar-refractivity contribution < 1.29 is 14.3 Å². The summed E-state index contributed by atoms with van der Waals surface area (Å²) in [5, 5.41) is 0.662. The van der Waals surface area contributed by atoms with E-state index in [9.17, 15) is 4.79 Å². The number of aromatic nitrogens is 1. The normalized spacial score (nSPS) is 14.8. The maximum atomic E-state index is 12.0. The number of likely N-dealkylation sites (tertiary alicyclic amines) is 1. The van der Waals surface area contributed by atoms with Crippen LogP contribution in [0, 0.1) is 0 Å². The molecule has 3 rings (SSSR count). The third-order valence-corrected chi connectivity index (χ3v) is 4.05. The van der Waals surface area contributed by atoms with E-state index < -0.39 is 5.60 Å². The fourth-order valence-electron chi connectivity index (χ4n) is 2.48. The van der Waals surface area contributed by atoms with Gasteiger partial charge in [-0.3, -0.25) is 0 Å². The summed E-state index contributed by atoms with van der Waals surface area (Å²) >= 11 is 5.85.